The second-order valence-electron chi connectivity index (χ2n) is 11.9. The predicted octanol–water partition coefficient (Wildman–Crippen LogP) is 0.842. The van der Waals surface area contributed by atoms with E-state index in [-0.39, 0.29) is 18.6 Å². The highest BCUT2D eigenvalue weighted by Crippen LogP contribution is 2.57. The number of hydrogen-bond acceptors (Lipinski definition) is 14. The molecule has 0 aromatic heterocycles. The lowest BCUT2D eigenvalue weighted by Crippen LogP contribution is -2.74. The molecular weight excluding hydrogens is 584 g/mol. The van der Waals surface area contributed by atoms with Crippen molar-refractivity contribution in [1.29, 1.82) is 0 Å². The van der Waals surface area contributed by atoms with Gasteiger partial charge in [0.2, 0.25) is 0 Å². The highest BCUT2D eigenvalue weighted by molar-refractivity contribution is 5.78. The van der Waals surface area contributed by atoms with Crippen molar-refractivity contribution in [3.05, 3.63) is 23.8 Å². The fourth-order valence-corrected chi connectivity index (χ4v) is 6.69. The molecule has 1 saturated carbocycles. The minimum absolute atomic E-state index is 0.204. The molecule has 0 bridgehead atoms. The number of aliphatic hydroxyl groups is 2. The Kier molecular flexibility index (Phi) is 10.0. The van der Waals surface area contributed by atoms with Crippen LogP contribution in [-0.2, 0) is 57.2 Å². The Balaban J connectivity index is 2.49. The normalized spacial score (nSPS) is 40.0. The summed E-state index contributed by atoms with van der Waals surface area (Å²) in [5.74, 6) is -7.72. The minimum Gasteiger partial charge on any atom is -0.462 e. The first-order valence-electron chi connectivity index (χ1n) is 14.1. The van der Waals surface area contributed by atoms with Crippen LogP contribution >= 0.6 is 0 Å². The number of rotatable bonds is 6. The Labute approximate surface area is 254 Å². The molecule has 3 rings (SSSR count). The quantitative estimate of drug-likeness (QED) is 0.311. The highest BCUT2D eigenvalue weighted by atomic mass is 16.6. The Morgan fingerprint density at radius 2 is 1.41 bits per heavy atom. The molecule has 0 unspecified atom stereocenters. The van der Waals surface area contributed by atoms with Crippen molar-refractivity contribution in [2.24, 2.45) is 17.3 Å². The van der Waals surface area contributed by atoms with Crippen LogP contribution in [0.1, 0.15) is 61.8 Å². The van der Waals surface area contributed by atoms with Crippen LogP contribution in [0.4, 0.5) is 0 Å². The molecule has 14 nitrogen and oxygen atoms in total. The van der Waals surface area contributed by atoms with Crippen LogP contribution in [0, 0.1) is 17.3 Å². The summed E-state index contributed by atoms with van der Waals surface area (Å²) in [5.41, 5.74) is -6.14. The number of fused-ring (bicyclic) bond motifs is 2. The Hall–Kier alpha value is -3.78. The monoisotopic (exact) mass is 624 g/mol. The molecule has 0 aromatic rings. The van der Waals surface area contributed by atoms with Crippen LogP contribution in [0.3, 0.4) is 0 Å². The number of esters is 6. The van der Waals surface area contributed by atoms with E-state index in [9.17, 15) is 39.0 Å². The van der Waals surface area contributed by atoms with Crippen LogP contribution in [0.2, 0.25) is 0 Å². The molecule has 1 heterocycles. The van der Waals surface area contributed by atoms with Crippen LogP contribution in [0.15, 0.2) is 23.8 Å². The Bertz CT molecular complexity index is 1270. The Morgan fingerprint density at radius 1 is 0.864 bits per heavy atom. The minimum atomic E-state index is -2.41. The van der Waals surface area contributed by atoms with Gasteiger partial charge in [-0.15, -0.1) is 0 Å². The molecule has 1 saturated heterocycles. The third-order valence-corrected chi connectivity index (χ3v) is 8.69. The van der Waals surface area contributed by atoms with E-state index >= 15 is 0 Å². The third kappa shape index (κ3) is 6.50. The molecule has 244 valence electrons. The average Bonchev–Trinajstić information content (AvgIpc) is 3.09. The van der Waals surface area contributed by atoms with E-state index in [1.54, 1.807) is 0 Å². The van der Waals surface area contributed by atoms with Crippen LogP contribution in [0.5, 0.6) is 0 Å². The second kappa shape index (κ2) is 12.7. The van der Waals surface area contributed by atoms with E-state index in [1.165, 1.54) is 45.9 Å². The van der Waals surface area contributed by atoms with Crippen molar-refractivity contribution < 1.29 is 67.4 Å². The van der Waals surface area contributed by atoms with Crippen molar-refractivity contribution in [2.75, 3.05) is 6.61 Å². The zero-order valence-corrected chi connectivity index (χ0v) is 26.0. The number of carbonyl (C=O) groups excluding carboxylic acids is 6. The van der Waals surface area contributed by atoms with E-state index in [2.05, 4.69) is 0 Å². The first kappa shape index (κ1) is 34.7. The van der Waals surface area contributed by atoms with E-state index in [0.717, 1.165) is 27.7 Å². The van der Waals surface area contributed by atoms with Gasteiger partial charge in [0.25, 0.3) is 0 Å². The molecule has 44 heavy (non-hydrogen) atoms. The number of ether oxygens (including phenoxy) is 6. The number of carbonyl (C=O) groups is 6. The molecule has 0 amide bonds. The summed E-state index contributed by atoms with van der Waals surface area (Å²) in [5, 5.41) is 24.8. The molecule has 0 aromatic carbocycles. The average molecular weight is 625 g/mol. The van der Waals surface area contributed by atoms with Gasteiger partial charge in [-0.05, 0) is 31.6 Å². The largest absolute Gasteiger partial charge is 0.462 e. The van der Waals surface area contributed by atoms with Gasteiger partial charge in [-0.1, -0.05) is 13.0 Å². The van der Waals surface area contributed by atoms with Gasteiger partial charge in [-0.25, -0.2) is 0 Å². The van der Waals surface area contributed by atoms with Gasteiger partial charge in [0.15, 0.2) is 11.7 Å². The second-order valence-corrected chi connectivity index (χ2v) is 11.9. The molecule has 10 atom stereocenters. The van der Waals surface area contributed by atoms with Crippen molar-refractivity contribution >= 4 is 35.8 Å². The smallest absolute Gasteiger partial charge is 0.312 e. The van der Waals surface area contributed by atoms with Crippen LogP contribution < -0.4 is 0 Å². The molecular formula is C30H40O14. The van der Waals surface area contributed by atoms with Crippen LogP contribution in [-0.4, -0.2) is 94.4 Å². The summed E-state index contributed by atoms with van der Waals surface area (Å²) >= 11 is 0. The van der Waals surface area contributed by atoms with Gasteiger partial charge in [0.1, 0.15) is 36.6 Å². The van der Waals surface area contributed by atoms with Crippen molar-refractivity contribution in [3.63, 3.8) is 0 Å². The zero-order chi connectivity index (χ0) is 33.4. The summed E-state index contributed by atoms with van der Waals surface area (Å²) in [6.07, 6.45) is -3.58. The van der Waals surface area contributed by atoms with Gasteiger partial charge in [-0.3, -0.25) is 28.8 Å². The van der Waals surface area contributed by atoms with Crippen molar-refractivity contribution in [1.82, 2.24) is 0 Å². The summed E-state index contributed by atoms with van der Waals surface area (Å²) in [7, 11) is 0. The first-order valence-corrected chi connectivity index (χ1v) is 14.1. The third-order valence-electron chi connectivity index (χ3n) is 8.69. The maximum Gasteiger partial charge on any atom is 0.312 e. The highest BCUT2D eigenvalue weighted by Gasteiger charge is 2.72. The molecule has 0 spiro atoms. The van der Waals surface area contributed by atoms with E-state index in [0.29, 0.717) is 0 Å². The molecule has 2 aliphatic carbocycles. The summed E-state index contributed by atoms with van der Waals surface area (Å²) in [6, 6.07) is 0. The maximum absolute atomic E-state index is 13.1. The van der Waals surface area contributed by atoms with Gasteiger partial charge in [0.05, 0.1) is 11.3 Å². The first-order chi connectivity index (χ1) is 20.3. The van der Waals surface area contributed by atoms with E-state index in [4.69, 9.17) is 28.4 Å². The molecule has 14 heteroatoms. The predicted molar refractivity (Wildman–Crippen MR) is 147 cm³/mol. The van der Waals surface area contributed by atoms with Gasteiger partial charge in [-0.2, -0.15) is 0 Å². The molecule has 2 fully saturated rings. The molecule has 0 radical (unpaired) electrons. The van der Waals surface area contributed by atoms with Crippen molar-refractivity contribution in [3.8, 4) is 0 Å². The van der Waals surface area contributed by atoms with Gasteiger partial charge >= 0.3 is 35.8 Å². The van der Waals surface area contributed by atoms with Crippen molar-refractivity contribution in [2.45, 2.75) is 104 Å². The Morgan fingerprint density at radius 3 is 1.93 bits per heavy atom. The summed E-state index contributed by atoms with van der Waals surface area (Å²) in [6.45, 7) is 9.35. The lowest BCUT2D eigenvalue weighted by molar-refractivity contribution is -0.286. The zero-order valence-electron chi connectivity index (χ0n) is 26.0. The summed E-state index contributed by atoms with van der Waals surface area (Å²) in [4.78, 5) is 74.5. The lowest BCUT2D eigenvalue weighted by atomic mass is 9.51. The van der Waals surface area contributed by atoms with Crippen LogP contribution in [0.25, 0.3) is 0 Å². The van der Waals surface area contributed by atoms with Gasteiger partial charge < -0.3 is 38.6 Å². The fourth-order valence-electron chi connectivity index (χ4n) is 6.69. The molecule has 1 aliphatic heterocycles. The number of hydrogen-bond donors (Lipinski definition) is 2. The van der Waals surface area contributed by atoms with E-state index < -0.39 is 94.8 Å². The fraction of sp³-hybridized carbons (Fsp3) is 0.667. The topological polar surface area (TPSA) is 198 Å². The maximum atomic E-state index is 13.1. The molecule has 3 aliphatic rings. The lowest BCUT2D eigenvalue weighted by Gasteiger charge is -2.60. The van der Waals surface area contributed by atoms with E-state index in [1.807, 2.05) is 0 Å². The molecule has 2 N–H and O–H groups in total. The SMILES string of the molecule is CC(=O)OCC1=C/[C@@H]2OC(=O)[C@H](C)[C@@]2(O)[C@@H](OC(C)=O)[C@H]2[C@](C)(O)[C@H](OC(C)=O)C[C@H](OC(C)=O)[C@]2(C)[C@@H](OC(C)=O)/C=C\1. The van der Waals surface area contributed by atoms with Gasteiger partial charge in [0, 0.05) is 47.0 Å². The summed E-state index contributed by atoms with van der Waals surface area (Å²) < 4.78 is 33.4. The standard InChI is InChI=1S/C30H40O14/c1-14-27(36)44-24-11-20(13-39-15(2)31)9-10-21(40-16(3)32)28(7)22(41-17(4)33)12-23(42-18(5)34)29(8,37)25(28)26(30(14,24)38)43-19(6)35/h9-11,14,21-26,37-38H,12-13H2,1-8H3/b10-9-,20-11+/t14-,21-,22-,23+,24-,25+,26-,28-,29+,30-/m0/s1.